The molecule has 5 nitrogen and oxygen atoms in total. The third kappa shape index (κ3) is 3.12. The highest BCUT2D eigenvalue weighted by Crippen LogP contribution is 2.25. The number of halogens is 2. The van der Waals surface area contributed by atoms with E-state index in [-0.39, 0.29) is 0 Å². The number of nitrogens with zero attached hydrogens (tertiary/aromatic N) is 5. The summed E-state index contributed by atoms with van der Waals surface area (Å²) < 4.78 is 1.83. The molecule has 120 valence electrons. The Bertz CT molecular complexity index is 826. The highest BCUT2D eigenvalue weighted by molar-refractivity contribution is 6.35. The number of rotatable bonds is 5. The van der Waals surface area contributed by atoms with Crippen LogP contribution in [0, 0.1) is 0 Å². The van der Waals surface area contributed by atoms with Crippen molar-refractivity contribution in [2.24, 2.45) is 0 Å². The zero-order chi connectivity index (χ0) is 16.4. The molecule has 0 amide bonds. The molecule has 0 unspecified atom stereocenters. The van der Waals surface area contributed by atoms with Gasteiger partial charge < -0.3 is 4.90 Å². The van der Waals surface area contributed by atoms with Gasteiger partial charge >= 0.3 is 0 Å². The van der Waals surface area contributed by atoms with E-state index >= 15 is 0 Å². The Hall–Kier alpha value is -1.85. The van der Waals surface area contributed by atoms with Crippen LogP contribution >= 0.6 is 23.2 Å². The summed E-state index contributed by atoms with van der Waals surface area (Å²) in [7, 11) is 0. The molecule has 0 aliphatic heterocycles. The fourth-order valence-corrected chi connectivity index (χ4v) is 3.05. The lowest BCUT2D eigenvalue weighted by molar-refractivity contribution is 0.703. The van der Waals surface area contributed by atoms with Crippen molar-refractivity contribution in [3.63, 3.8) is 0 Å². The first-order valence-corrected chi connectivity index (χ1v) is 8.25. The van der Waals surface area contributed by atoms with Crippen LogP contribution in [-0.4, -0.2) is 32.8 Å². The number of hydrogen-bond donors (Lipinski definition) is 0. The molecule has 3 rings (SSSR count). The monoisotopic (exact) mass is 349 g/mol. The van der Waals surface area contributed by atoms with Crippen LogP contribution in [0.15, 0.2) is 30.7 Å². The van der Waals surface area contributed by atoms with E-state index in [9.17, 15) is 0 Å². The Morgan fingerprint density at radius 2 is 1.91 bits per heavy atom. The van der Waals surface area contributed by atoms with Crippen molar-refractivity contribution in [3.8, 4) is 0 Å². The zero-order valence-electron chi connectivity index (χ0n) is 13.0. The maximum atomic E-state index is 6.26. The number of fused-ring (bicyclic) bond motifs is 1. The van der Waals surface area contributed by atoms with E-state index in [1.165, 1.54) is 0 Å². The zero-order valence-corrected chi connectivity index (χ0v) is 14.5. The Balaban J connectivity index is 2.01. The molecule has 2 heterocycles. The molecule has 0 fully saturated rings. The standard InChI is InChI=1S/C16H17Cl2N5/c1-3-22(4-2)15-13-8-21-23(16(13)20-10-19-15)9-11-5-6-12(17)7-14(11)18/h5-8,10H,3-4,9H2,1-2H3. The van der Waals surface area contributed by atoms with Crippen molar-refractivity contribution in [1.29, 1.82) is 0 Å². The van der Waals surface area contributed by atoms with E-state index < -0.39 is 0 Å². The van der Waals surface area contributed by atoms with Crippen LogP contribution in [0.4, 0.5) is 5.82 Å². The molecule has 0 atom stereocenters. The van der Waals surface area contributed by atoms with Crippen molar-refractivity contribution in [1.82, 2.24) is 19.7 Å². The van der Waals surface area contributed by atoms with Crippen molar-refractivity contribution < 1.29 is 0 Å². The topological polar surface area (TPSA) is 46.8 Å². The molecule has 1 aromatic carbocycles. The van der Waals surface area contributed by atoms with Gasteiger partial charge in [-0.3, -0.25) is 0 Å². The van der Waals surface area contributed by atoms with Gasteiger partial charge in [-0.25, -0.2) is 14.6 Å². The van der Waals surface area contributed by atoms with Crippen LogP contribution in [0.3, 0.4) is 0 Å². The van der Waals surface area contributed by atoms with Gasteiger partial charge in [-0.15, -0.1) is 0 Å². The maximum absolute atomic E-state index is 6.26. The van der Waals surface area contributed by atoms with Crippen LogP contribution in [0.1, 0.15) is 19.4 Å². The van der Waals surface area contributed by atoms with Gasteiger partial charge in [-0.05, 0) is 31.5 Å². The van der Waals surface area contributed by atoms with Crippen LogP contribution in [0.25, 0.3) is 11.0 Å². The average molecular weight is 350 g/mol. The van der Waals surface area contributed by atoms with Gasteiger partial charge in [0.25, 0.3) is 0 Å². The smallest absolute Gasteiger partial charge is 0.163 e. The van der Waals surface area contributed by atoms with Crippen LogP contribution < -0.4 is 4.90 Å². The van der Waals surface area contributed by atoms with Crippen molar-refractivity contribution in [3.05, 3.63) is 46.3 Å². The predicted octanol–water partition coefficient (Wildman–Crippen LogP) is 4.03. The fraction of sp³-hybridized carbons (Fsp3) is 0.312. The quantitative estimate of drug-likeness (QED) is 0.697. The lowest BCUT2D eigenvalue weighted by Crippen LogP contribution is -2.23. The van der Waals surface area contributed by atoms with Crippen molar-refractivity contribution >= 4 is 40.1 Å². The van der Waals surface area contributed by atoms with Crippen molar-refractivity contribution in [2.45, 2.75) is 20.4 Å². The van der Waals surface area contributed by atoms with Crippen LogP contribution in [0.2, 0.25) is 10.0 Å². The van der Waals surface area contributed by atoms with Gasteiger partial charge in [0.15, 0.2) is 5.65 Å². The Morgan fingerprint density at radius 3 is 2.61 bits per heavy atom. The highest BCUT2D eigenvalue weighted by Gasteiger charge is 2.14. The van der Waals surface area contributed by atoms with Gasteiger partial charge in [-0.2, -0.15) is 5.10 Å². The van der Waals surface area contributed by atoms with E-state index in [1.54, 1.807) is 12.4 Å². The average Bonchev–Trinajstić information content (AvgIpc) is 2.95. The molecule has 0 radical (unpaired) electrons. The first-order chi connectivity index (χ1) is 11.1. The van der Waals surface area contributed by atoms with E-state index in [2.05, 4.69) is 33.8 Å². The molecule has 0 bridgehead atoms. The molecular formula is C16H17Cl2N5. The second-order valence-corrected chi connectivity index (χ2v) is 5.99. The number of anilines is 1. The molecule has 0 N–H and O–H groups in total. The van der Waals surface area contributed by atoms with E-state index in [0.717, 1.165) is 35.5 Å². The summed E-state index contributed by atoms with van der Waals surface area (Å²) in [6.45, 7) is 6.52. The van der Waals surface area contributed by atoms with E-state index in [1.807, 2.05) is 23.0 Å². The third-order valence-electron chi connectivity index (χ3n) is 3.81. The highest BCUT2D eigenvalue weighted by atomic mass is 35.5. The van der Waals surface area contributed by atoms with E-state index in [0.29, 0.717) is 16.6 Å². The van der Waals surface area contributed by atoms with Gasteiger partial charge in [0.05, 0.1) is 18.1 Å². The summed E-state index contributed by atoms with van der Waals surface area (Å²) in [5.74, 6) is 0.911. The lowest BCUT2D eigenvalue weighted by Gasteiger charge is -2.19. The SMILES string of the molecule is CCN(CC)c1ncnc2c1cnn2Cc1ccc(Cl)cc1Cl. The molecular weight excluding hydrogens is 333 g/mol. The molecule has 3 aromatic rings. The minimum Gasteiger partial charge on any atom is -0.356 e. The van der Waals surface area contributed by atoms with Gasteiger partial charge in [0.1, 0.15) is 12.1 Å². The first kappa shape index (κ1) is 16.0. The number of aromatic nitrogens is 4. The third-order valence-corrected chi connectivity index (χ3v) is 4.40. The summed E-state index contributed by atoms with van der Waals surface area (Å²) in [5, 5.41) is 6.65. The first-order valence-electron chi connectivity index (χ1n) is 7.49. The molecule has 0 aliphatic rings. The summed E-state index contributed by atoms with van der Waals surface area (Å²) in [5.41, 5.74) is 1.75. The fourth-order valence-electron chi connectivity index (χ4n) is 2.58. The predicted molar refractivity (Wildman–Crippen MR) is 94.4 cm³/mol. The summed E-state index contributed by atoms with van der Waals surface area (Å²) in [6, 6.07) is 5.47. The number of benzene rings is 1. The molecule has 0 saturated heterocycles. The van der Waals surface area contributed by atoms with Gasteiger partial charge in [0, 0.05) is 23.1 Å². The Labute approximate surface area is 144 Å². The van der Waals surface area contributed by atoms with Crippen LogP contribution in [0.5, 0.6) is 0 Å². The van der Waals surface area contributed by atoms with Gasteiger partial charge in [0.2, 0.25) is 0 Å². The Kier molecular flexibility index (Phi) is 4.68. The normalized spacial score (nSPS) is 11.1. The minimum atomic E-state index is 0.536. The van der Waals surface area contributed by atoms with E-state index in [4.69, 9.17) is 23.2 Å². The lowest BCUT2D eigenvalue weighted by atomic mass is 10.2. The number of hydrogen-bond acceptors (Lipinski definition) is 4. The van der Waals surface area contributed by atoms with Gasteiger partial charge in [-0.1, -0.05) is 29.3 Å². The molecule has 23 heavy (non-hydrogen) atoms. The molecule has 7 heteroatoms. The molecule has 2 aromatic heterocycles. The van der Waals surface area contributed by atoms with Crippen LogP contribution in [-0.2, 0) is 6.54 Å². The largest absolute Gasteiger partial charge is 0.356 e. The summed E-state index contributed by atoms with van der Waals surface area (Å²) in [6.07, 6.45) is 3.39. The summed E-state index contributed by atoms with van der Waals surface area (Å²) in [4.78, 5) is 11.0. The molecule has 0 spiro atoms. The minimum absolute atomic E-state index is 0.536. The second-order valence-electron chi connectivity index (χ2n) is 5.14. The second kappa shape index (κ2) is 6.72. The maximum Gasteiger partial charge on any atom is 0.163 e. The van der Waals surface area contributed by atoms with Crippen molar-refractivity contribution in [2.75, 3.05) is 18.0 Å². The molecule has 0 saturated carbocycles. The summed E-state index contributed by atoms with van der Waals surface area (Å²) >= 11 is 12.2. The molecule has 0 aliphatic carbocycles. The Morgan fingerprint density at radius 1 is 1.13 bits per heavy atom.